The molecular weight excluding hydrogens is 436 g/mol. The largest absolute Gasteiger partial charge is 0.497 e. The lowest BCUT2D eigenvalue weighted by Gasteiger charge is -2.28. The topological polar surface area (TPSA) is 110 Å². The highest BCUT2D eigenvalue weighted by molar-refractivity contribution is 6.00. The lowest BCUT2D eigenvalue weighted by Crippen LogP contribution is -2.36. The zero-order valence-electron chi connectivity index (χ0n) is 19.4. The summed E-state index contributed by atoms with van der Waals surface area (Å²) in [6.07, 6.45) is 0. The Bertz CT molecular complexity index is 1130. The van der Waals surface area contributed by atoms with Crippen molar-refractivity contribution in [3.63, 3.8) is 0 Å². The number of anilines is 5. The molecule has 0 radical (unpaired) electrons. The number of ether oxygens (including phenoxy) is 3. The standard InChI is InChI=1S/C24H28N6O4/c1-16-25-22(15-23(26-16)30-10-12-34-13-11-30)27-17-4-6-18(7-5-17)28-24(31)29-20-9-8-19(32-2)14-21(20)33-3/h4-9,14-15H,10-13H2,1-3H3,(H,25,26,27)(H2,28,29,31). The zero-order valence-corrected chi connectivity index (χ0v) is 19.4. The Balaban J connectivity index is 1.38. The minimum atomic E-state index is -0.384. The van der Waals surface area contributed by atoms with Gasteiger partial charge in [-0.05, 0) is 43.3 Å². The van der Waals surface area contributed by atoms with Gasteiger partial charge < -0.3 is 35.1 Å². The van der Waals surface area contributed by atoms with Crippen molar-refractivity contribution in [2.75, 3.05) is 61.4 Å². The second-order valence-electron chi connectivity index (χ2n) is 7.61. The first-order chi connectivity index (χ1) is 16.5. The van der Waals surface area contributed by atoms with Gasteiger partial charge in [-0.3, -0.25) is 0 Å². The number of nitrogens with zero attached hydrogens (tertiary/aromatic N) is 3. The van der Waals surface area contributed by atoms with Gasteiger partial charge in [0.15, 0.2) is 0 Å². The molecule has 2 amide bonds. The maximum absolute atomic E-state index is 12.5. The number of rotatable bonds is 7. The Morgan fingerprint density at radius 1 is 0.941 bits per heavy atom. The molecule has 1 aromatic heterocycles. The number of aromatic nitrogens is 2. The summed E-state index contributed by atoms with van der Waals surface area (Å²) in [5, 5.41) is 8.90. The Hall–Kier alpha value is -4.05. The Morgan fingerprint density at radius 2 is 1.68 bits per heavy atom. The first-order valence-electron chi connectivity index (χ1n) is 10.9. The van der Waals surface area contributed by atoms with Crippen LogP contribution in [0, 0.1) is 6.92 Å². The fraction of sp³-hybridized carbons (Fsp3) is 0.292. The maximum atomic E-state index is 12.5. The molecule has 1 aliphatic heterocycles. The van der Waals surface area contributed by atoms with Crippen molar-refractivity contribution >= 4 is 34.7 Å². The minimum Gasteiger partial charge on any atom is -0.497 e. The summed E-state index contributed by atoms with van der Waals surface area (Å²) in [4.78, 5) is 23.7. The molecule has 3 aromatic rings. The maximum Gasteiger partial charge on any atom is 0.323 e. The van der Waals surface area contributed by atoms with Gasteiger partial charge in [-0.15, -0.1) is 0 Å². The third-order valence-corrected chi connectivity index (χ3v) is 5.23. The number of nitrogens with one attached hydrogen (secondary N) is 3. The smallest absolute Gasteiger partial charge is 0.323 e. The van der Waals surface area contributed by atoms with Crippen LogP contribution in [0.5, 0.6) is 11.5 Å². The monoisotopic (exact) mass is 464 g/mol. The van der Waals surface area contributed by atoms with E-state index in [-0.39, 0.29) is 6.03 Å². The second kappa shape index (κ2) is 10.7. The Kier molecular flexibility index (Phi) is 7.28. The molecule has 0 atom stereocenters. The summed E-state index contributed by atoms with van der Waals surface area (Å²) in [6, 6.07) is 14.1. The van der Waals surface area contributed by atoms with E-state index in [1.54, 1.807) is 25.3 Å². The van der Waals surface area contributed by atoms with E-state index in [0.29, 0.717) is 47.7 Å². The van der Waals surface area contributed by atoms with Crippen LogP contribution in [0.3, 0.4) is 0 Å². The molecule has 4 rings (SSSR count). The number of carbonyl (C=O) groups excluding carboxylic acids is 1. The SMILES string of the molecule is COc1ccc(NC(=O)Nc2ccc(Nc3cc(N4CCOCC4)nc(C)n3)cc2)c(OC)c1. The molecular formula is C24H28N6O4. The van der Waals surface area contributed by atoms with Gasteiger partial charge in [0.25, 0.3) is 0 Å². The summed E-state index contributed by atoms with van der Waals surface area (Å²) in [7, 11) is 3.11. The first kappa shape index (κ1) is 23.1. The summed E-state index contributed by atoms with van der Waals surface area (Å²) in [6.45, 7) is 4.87. The van der Waals surface area contributed by atoms with Crippen molar-refractivity contribution in [2.45, 2.75) is 6.92 Å². The van der Waals surface area contributed by atoms with Gasteiger partial charge in [0.1, 0.15) is 29.0 Å². The number of urea groups is 1. The number of hydrogen-bond donors (Lipinski definition) is 3. The molecule has 1 saturated heterocycles. The van der Waals surface area contributed by atoms with E-state index in [9.17, 15) is 4.79 Å². The van der Waals surface area contributed by atoms with Crippen LogP contribution in [0.15, 0.2) is 48.5 Å². The van der Waals surface area contributed by atoms with Crippen molar-refractivity contribution in [2.24, 2.45) is 0 Å². The van der Waals surface area contributed by atoms with Crippen LogP contribution >= 0.6 is 0 Å². The molecule has 10 nitrogen and oxygen atoms in total. The van der Waals surface area contributed by atoms with Gasteiger partial charge in [0.05, 0.1) is 33.1 Å². The fourth-order valence-corrected chi connectivity index (χ4v) is 3.54. The summed E-state index contributed by atoms with van der Waals surface area (Å²) in [5.74, 6) is 3.42. The molecule has 0 aliphatic carbocycles. The molecule has 0 unspecified atom stereocenters. The van der Waals surface area contributed by atoms with E-state index in [0.717, 1.165) is 24.6 Å². The second-order valence-corrected chi connectivity index (χ2v) is 7.61. The summed E-state index contributed by atoms with van der Waals surface area (Å²) in [5.41, 5.74) is 2.02. The predicted molar refractivity (Wildman–Crippen MR) is 132 cm³/mol. The van der Waals surface area contributed by atoms with Crippen molar-refractivity contribution in [3.8, 4) is 11.5 Å². The molecule has 178 valence electrons. The highest BCUT2D eigenvalue weighted by Gasteiger charge is 2.14. The van der Waals surface area contributed by atoms with Crippen LogP contribution < -0.4 is 30.3 Å². The molecule has 0 spiro atoms. The minimum absolute atomic E-state index is 0.384. The Labute approximate surface area is 198 Å². The van der Waals surface area contributed by atoms with E-state index in [2.05, 4.69) is 30.8 Å². The average molecular weight is 465 g/mol. The van der Waals surface area contributed by atoms with Gasteiger partial charge in [-0.2, -0.15) is 0 Å². The number of benzene rings is 2. The van der Waals surface area contributed by atoms with Crippen molar-refractivity contribution in [3.05, 3.63) is 54.4 Å². The van der Waals surface area contributed by atoms with Crippen LogP contribution in [0.25, 0.3) is 0 Å². The highest BCUT2D eigenvalue weighted by Crippen LogP contribution is 2.29. The number of methoxy groups -OCH3 is 2. The molecule has 1 fully saturated rings. The predicted octanol–water partition coefficient (Wildman–Crippen LogP) is 4.03. The van der Waals surface area contributed by atoms with Crippen LogP contribution in [0.1, 0.15) is 5.82 Å². The third-order valence-electron chi connectivity index (χ3n) is 5.23. The lowest BCUT2D eigenvalue weighted by atomic mass is 10.2. The molecule has 1 aliphatic rings. The van der Waals surface area contributed by atoms with Crippen LogP contribution in [0.2, 0.25) is 0 Å². The lowest BCUT2D eigenvalue weighted by molar-refractivity contribution is 0.122. The average Bonchev–Trinajstić information content (AvgIpc) is 2.85. The number of morpholine rings is 1. The number of aryl methyl sites for hydroxylation is 1. The van der Waals surface area contributed by atoms with Gasteiger partial charge >= 0.3 is 6.03 Å². The highest BCUT2D eigenvalue weighted by atomic mass is 16.5. The van der Waals surface area contributed by atoms with Crippen molar-refractivity contribution in [1.82, 2.24) is 9.97 Å². The quantitative estimate of drug-likeness (QED) is 0.481. The number of hydrogen-bond acceptors (Lipinski definition) is 8. The van der Waals surface area contributed by atoms with Gasteiger partial charge in [0.2, 0.25) is 0 Å². The summed E-state index contributed by atoms with van der Waals surface area (Å²) >= 11 is 0. The van der Waals surface area contributed by atoms with Crippen LogP contribution in [0.4, 0.5) is 33.5 Å². The van der Waals surface area contributed by atoms with E-state index in [4.69, 9.17) is 14.2 Å². The van der Waals surface area contributed by atoms with E-state index in [1.807, 2.05) is 37.3 Å². The van der Waals surface area contributed by atoms with Gasteiger partial charge in [0, 0.05) is 36.6 Å². The van der Waals surface area contributed by atoms with Crippen LogP contribution in [-0.4, -0.2) is 56.5 Å². The van der Waals surface area contributed by atoms with Crippen LogP contribution in [-0.2, 0) is 4.74 Å². The summed E-state index contributed by atoms with van der Waals surface area (Å²) < 4.78 is 15.9. The van der Waals surface area contributed by atoms with Crippen molar-refractivity contribution < 1.29 is 19.0 Å². The fourth-order valence-electron chi connectivity index (χ4n) is 3.54. The van der Waals surface area contributed by atoms with E-state index in [1.165, 1.54) is 7.11 Å². The zero-order chi connectivity index (χ0) is 23.9. The molecule has 34 heavy (non-hydrogen) atoms. The molecule has 0 bridgehead atoms. The molecule has 2 heterocycles. The molecule has 3 N–H and O–H groups in total. The number of carbonyl (C=O) groups is 1. The number of amides is 2. The molecule has 10 heteroatoms. The normalized spacial score (nSPS) is 13.2. The molecule has 2 aromatic carbocycles. The van der Waals surface area contributed by atoms with E-state index >= 15 is 0 Å². The third kappa shape index (κ3) is 5.84. The van der Waals surface area contributed by atoms with Crippen molar-refractivity contribution in [1.29, 1.82) is 0 Å². The first-order valence-corrected chi connectivity index (χ1v) is 10.9. The molecule has 0 saturated carbocycles. The van der Waals surface area contributed by atoms with E-state index < -0.39 is 0 Å². The Morgan fingerprint density at radius 3 is 2.38 bits per heavy atom. The van der Waals surface area contributed by atoms with Gasteiger partial charge in [-0.1, -0.05) is 0 Å². The van der Waals surface area contributed by atoms with Gasteiger partial charge in [-0.25, -0.2) is 14.8 Å².